The van der Waals surface area contributed by atoms with Gasteiger partial charge in [0.1, 0.15) is 5.75 Å². The highest BCUT2D eigenvalue weighted by molar-refractivity contribution is 6.12. The molecule has 0 atom stereocenters. The zero-order chi connectivity index (χ0) is 10.6. The smallest absolute Gasteiger partial charge is 0.210 e. The Hall–Kier alpha value is -1.64. The Bertz CT molecular complexity index is 484. The number of rotatable bonds is 1. The average molecular weight is 202 g/mol. The van der Waals surface area contributed by atoms with E-state index in [0.29, 0.717) is 16.9 Å². The Kier molecular flexibility index (Phi) is 1.43. The lowest BCUT2D eigenvalue weighted by Crippen LogP contribution is -2.21. The molecule has 0 aromatic heterocycles. The molecule has 1 heterocycles. The van der Waals surface area contributed by atoms with Gasteiger partial charge >= 0.3 is 0 Å². The summed E-state index contributed by atoms with van der Waals surface area (Å²) < 4.78 is 5.64. The normalized spacial score (nSPS) is 19.9. The van der Waals surface area contributed by atoms with Gasteiger partial charge in [0.15, 0.2) is 11.4 Å². The highest BCUT2D eigenvalue weighted by Gasteiger charge is 2.58. The van der Waals surface area contributed by atoms with Crippen LogP contribution >= 0.6 is 0 Å². The number of Topliss-reactive ketones (excluding diaryl/α,β-unsaturated/α-hetero) is 2. The molecule has 3 nitrogen and oxygen atoms in total. The third-order valence-corrected chi connectivity index (χ3v) is 3.05. The SMILES string of the molecule is CC(=O)c1cccc2c1OC1(CC1)C2=O. The average Bonchev–Trinajstić information content (AvgIpc) is 2.91. The summed E-state index contributed by atoms with van der Waals surface area (Å²) in [6.07, 6.45) is 1.55. The Morgan fingerprint density at radius 1 is 1.40 bits per heavy atom. The monoisotopic (exact) mass is 202 g/mol. The van der Waals surface area contributed by atoms with Gasteiger partial charge in [-0.05, 0) is 31.9 Å². The Balaban J connectivity index is 2.20. The van der Waals surface area contributed by atoms with Crippen LogP contribution in [0.15, 0.2) is 18.2 Å². The quantitative estimate of drug-likeness (QED) is 0.654. The molecule has 0 saturated heterocycles. The summed E-state index contributed by atoms with van der Waals surface area (Å²) in [5.74, 6) is 0.477. The third-order valence-electron chi connectivity index (χ3n) is 3.05. The minimum atomic E-state index is -0.603. The zero-order valence-electron chi connectivity index (χ0n) is 8.37. The fourth-order valence-electron chi connectivity index (χ4n) is 2.03. The zero-order valence-corrected chi connectivity index (χ0v) is 8.37. The highest BCUT2D eigenvalue weighted by Crippen LogP contribution is 2.50. The predicted octanol–water partition coefficient (Wildman–Crippen LogP) is 2.00. The van der Waals surface area contributed by atoms with Crippen molar-refractivity contribution < 1.29 is 14.3 Å². The van der Waals surface area contributed by atoms with Gasteiger partial charge in [-0.2, -0.15) is 0 Å². The third kappa shape index (κ3) is 1.00. The Morgan fingerprint density at radius 2 is 2.13 bits per heavy atom. The van der Waals surface area contributed by atoms with Gasteiger partial charge in [-0.3, -0.25) is 9.59 Å². The second-order valence-corrected chi connectivity index (χ2v) is 4.16. The number of benzene rings is 1. The maximum absolute atomic E-state index is 11.9. The van der Waals surface area contributed by atoms with Gasteiger partial charge in [-0.15, -0.1) is 0 Å². The fraction of sp³-hybridized carbons (Fsp3) is 0.333. The van der Waals surface area contributed by atoms with Gasteiger partial charge in [-0.1, -0.05) is 6.07 Å². The molecule has 1 aliphatic heterocycles. The lowest BCUT2D eigenvalue weighted by molar-refractivity contribution is 0.0816. The summed E-state index contributed by atoms with van der Waals surface area (Å²) in [5, 5.41) is 0. The summed E-state index contributed by atoms with van der Waals surface area (Å²) in [5.41, 5.74) is 0.485. The molecule has 3 heteroatoms. The summed E-state index contributed by atoms with van der Waals surface area (Å²) in [7, 11) is 0. The molecule has 1 aromatic rings. The largest absolute Gasteiger partial charge is 0.478 e. The lowest BCUT2D eigenvalue weighted by atomic mass is 10.0. The van der Waals surface area contributed by atoms with Crippen LogP contribution in [-0.2, 0) is 0 Å². The number of ketones is 2. The molecule has 3 rings (SSSR count). The van der Waals surface area contributed by atoms with Crippen LogP contribution in [0.1, 0.15) is 40.5 Å². The van der Waals surface area contributed by atoms with Crippen LogP contribution in [0.4, 0.5) is 0 Å². The van der Waals surface area contributed by atoms with Gasteiger partial charge in [0.05, 0.1) is 11.1 Å². The van der Waals surface area contributed by atoms with E-state index in [1.165, 1.54) is 6.92 Å². The number of carbonyl (C=O) groups excluding carboxylic acids is 2. The molecule has 1 aromatic carbocycles. The molecule has 0 amide bonds. The van der Waals surface area contributed by atoms with Crippen molar-refractivity contribution in [3.05, 3.63) is 29.3 Å². The van der Waals surface area contributed by atoms with Gasteiger partial charge in [0.25, 0.3) is 0 Å². The van der Waals surface area contributed by atoms with Crippen LogP contribution in [0.25, 0.3) is 0 Å². The first kappa shape index (κ1) is 8.65. The molecule has 0 N–H and O–H groups in total. The van der Waals surface area contributed by atoms with Gasteiger partial charge in [-0.25, -0.2) is 0 Å². The molecule has 76 valence electrons. The second-order valence-electron chi connectivity index (χ2n) is 4.16. The molecule has 1 saturated carbocycles. The first-order valence-electron chi connectivity index (χ1n) is 5.02. The molecule has 2 aliphatic rings. The van der Waals surface area contributed by atoms with Crippen molar-refractivity contribution in [1.82, 2.24) is 0 Å². The summed E-state index contributed by atoms with van der Waals surface area (Å²) in [6, 6.07) is 5.17. The van der Waals surface area contributed by atoms with Crippen molar-refractivity contribution in [2.24, 2.45) is 0 Å². The molecular formula is C12H10O3. The summed E-state index contributed by atoms with van der Waals surface area (Å²) in [6.45, 7) is 1.49. The van der Waals surface area contributed by atoms with Crippen LogP contribution in [0.5, 0.6) is 5.75 Å². The van der Waals surface area contributed by atoms with Crippen LogP contribution < -0.4 is 4.74 Å². The van der Waals surface area contributed by atoms with Crippen molar-refractivity contribution in [2.75, 3.05) is 0 Å². The van der Waals surface area contributed by atoms with Crippen molar-refractivity contribution >= 4 is 11.6 Å². The molecule has 1 fully saturated rings. The Labute approximate surface area is 87.0 Å². The van der Waals surface area contributed by atoms with Crippen LogP contribution in [0, 0.1) is 0 Å². The van der Waals surface area contributed by atoms with Crippen LogP contribution in [0.3, 0.4) is 0 Å². The van der Waals surface area contributed by atoms with E-state index in [0.717, 1.165) is 12.8 Å². The Morgan fingerprint density at radius 3 is 2.73 bits per heavy atom. The van der Waals surface area contributed by atoms with Crippen molar-refractivity contribution in [3.8, 4) is 5.75 Å². The number of fused-ring (bicyclic) bond motifs is 1. The molecule has 1 aliphatic carbocycles. The predicted molar refractivity (Wildman–Crippen MR) is 53.4 cm³/mol. The van der Waals surface area contributed by atoms with E-state index >= 15 is 0 Å². The first-order valence-corrected chi connectivity index (χ1v) is 5.02. The van der Waals surface area contributed by atoms with Crippen molar-refractivity contribution in [3.63, 3.8) is 0 Å². The lowest BCUT2D eigenvalue weighted by Gasteiger charge is -2.06. The minimum absolute atomic E-state index is 0.0422. The van der Waals surface area contributed by atoms with Gasteiger partial charge in [0, 0.05) is 0 Å². The minimum Gasteiger partial charge on any atom is -0.478 e. The molecule has 15 heavy (non-hydrogen) atoms. The van der Waals surface area contributed by atoms with E-state index in [2.05, 4.69) is 0 Å². The van der Waals surface area contributed by atoms with E-state index in [4.69, 9.17) is 4.74 Å². The number of para-hydroxylation sites is 1. The van der Waals surface area contributed by atoms with E-state index < -0.39 is 5.60 Å². The molecule has 0 bridgehead atoms. The van der Waals surface area contributed by atoms with E-state index in [1.54, 1.807) is 18.2 Å². The van der Waals surface area contributed by atoms with Gasteiger partial charge < -0.3 is 4.74 Å². The number of ether oxygens (including phenoxy) is 1. The molecular weight excluding hydrogens is 192 g/mol. The van der Waals surface area contributed by atoms with Crippen LogP contribution in [0.2, 0.25) is 0 Å². The number of hydrogen-bond acceptors (Lipinski definition) is 3. The molecule has 0 radical (unpaired) electrons. The second kappa shape index (κ2) is 2.48. The topological polar surface area (TPSA) is 43.4 Å². The van der Waals surface area contributed by atoms with Crippen molar-refractivity contribution in [1.29, 1.82) is 0 Å². The maximum Gasteiger partial charge on any atom is 0.210 e. The van der Waals surface area contributed by atoms with Gasteiger partial charge in [0.2, 0.25) is 5.78 Å². The summed E-state index contributed by atoms with van der Waals surface area (Å²) >= 11 is 0. The van der Waals surface area contributed by atoms with E-state index in [1.807, 2.05) is 0 Å². The molecule has 1 spiro atoms. The van der Waals surface area contributed by atoms with Crippen molar-refractivity contribution in [2.45, 2.75) is 25.4 Å². The molecule has 0 unspecified atom stereocenters. The highest BCUT2D eigenvalue weighted by atomic mass is 16.5. The summed E-state index contributed by atoms with van der Waals surface area (Å²) in [4.78, 5) is 23.3. The standard InChI is InChI=1S/C12H10O3/c1-7(13)8-3-2-4-9-10(8)15-12(5-6-12)11(9)14/h2-4H,5-6H2,1H3. The fourth-order valence-corrected chi connectivity index (χ4v) is 2.03. The van der Waals surface area contributed by atoms with E-state index in [-0.39, 0.29) is 11.6 Å². The van der Waals surface area contributed by atoms with Crippen LogP contribution in [-0.4, -0.2) is 17.2 Å². The number of hydrogen-bond donors (Lipinski definition) is 0. The number of carbonyl (C=O) groups is 2. The first-order chi connectivity index (χ1) is 7.14. The maximum atomic E-state index is 11.9. The van der Waals surface area contributed by atoms with E-state index in [9.17, 15) is 9.59 Å².